The highest BCUT2D eigenvalue weighted by Gasteiger charge is 2.39. The molecule has 0 N–H and O–H groups in total. The second-order valence-electron chi connectivity index (χ2n) is 4.00. The monoisotopic (exact) mass is 247 g/mol. The van der Waals surface area contributed by atoms with Crippen LogP contribution in [0, 0.1) is 0 Å². The summed E-state index contributed by atoms with van der Waals surface area (Å²) < 4.78 is 43.4. The van der Waals surface area contributed by atoms with Gasteiger partial charge in [-0.15, -0.1) is 0 Å². The Morgan fingerprint density at radius 3 is 2.29 bits per heavy atom. The van der Waals surface area contributed by atoms with E-state index in [0.29, 0.717) is 16.2 Å². The van der Waals surface area contributed by atoms with Gasteiger partial charge in [0.25, 0.3) is 0 Å². The summed E-state index contributed by atoms with van der Waals surface area (Å²) >= 11 is 0. The number of halogens is 3. The number of benzene rings is 1. The van der Waals surface area contributed by atoms with Crippen molar-refractivity contribution in [3.63, 3.8) is 0 Å². The number of rotatable bonds is 4. The highest BCUT2D eigenvalue weighted by molar-refractivity contribution is 5.33. The van der Waals surface area contributed by atoms with E-state index in [1.165, 1.54) is 21.0 Å². The molecule has 1 aromatic rings. The van der Waals surface area contributed by atoms with E-state index in [-0.39, 0.29) is 6.54 Å². The summed E-state index contributed by atoms with van der Waals surface area (Å²) in [6, 6.07) is 6.12. The third-order valence-corrected chi connectivity index (χ3v) is 2.48. The summed E-state index contributed by atoms with van der Waals surface area (Å²) in [5.74, 6) is 0.474. The average Bonchev–Trinajstić information content (AvgIpc) is 2.24. The summed E-state index contributed by atoms with van der Waals surface area (Å²) in [6.45, 7) is 2.83. The Balaban J connectivity index is 2.94. The van der Waals surface area contributed by atoms with Crippen molar-refractivity contribution in [1.29, 1.82) is 0 Å². The minimum atomic E-state index is -4.34. The lowest BCUT2D eigenvalue weighted by molar-refractivity contribution is -0.259. The van der Waals surface area contributed by atoms with E-state index in [4.69, 9.17) is 4.74 Å². The Morgan fingerprint density at radius 1 is 1.24 bits per heavy atom. The number of ether oxygens (including phenoxy) is 1. The molecule has 1 aromatic carbocycles. The molecule has 0 heterocycles. The molecule has 0 aliphatic carbocycles. The molecule has 0 fully saturated rings. The molecule has 0 aromatic heterocycles. The molecule has 0 radical (unpaired) electrons. The molecule has 5 heteroatoms. The van der Waals surface area contributed by atoms with Crippen molar-refractivity contribution >= 4 is 0 Å². The highest BCUT2D eigenvalue weighted by Crippen LogP contribution is 2.28. The zero-order chi connectivity index (χ0) is 13.1. The predicted molar refractivity (Wildman–Crippen MR) is 59.7 cm³/mol. The number of para-hydroxylation sites is 1. The summed E-state index contributed by atoms with van der Waals surface area (Å²) in [6.07, 6.45) is -4.34. The van der Waals surface area contributed by atoms with Crippen molar-refractivity contribution < 1.29 is 17.9 Å². The number of methoxy groups -OCH3 is 1. The SMILES string of the molecule is COc1ccccc1CN(C(C)C)C(F)(F)F. The van der Waals surface area contributed by atoms with Crippen LogP contribution in [0.4, 0.5) is 13.2 Å². The van der Waals surface area contributed by atoms with Crippen LogP contribution in [0.5, 0.6) is 5.75 Å². The third kappa shape index (κ3) is 3.63. The van der Waals surface area contributed by atoms with Crippen LogP contribution in [0.15, 0.2) is 24.3 Å². The quantitative estimate of drug-likeness (QED) is 0.756. The summed E-state index contributed by atoms with van der Waals surface area (Å²) in [7, 11) is 1.45. The van der Waals surface area contributed by atoms with Crippen LogP contribution < -0.4 is 4.74 Å². The minimum Gasteiger partial charge on any atom is -0.496 e. The van der Waals surface area contributed by atoms with E-state index in [1.54, 1.807) is 24.3 Å². The third-order valence-electron chi connectivity index (χ3n) is 2.48. The lowest BCUT2D eigenvalue weighted by Gasteiger charge is -2.28. The van der Waals surface area contributed by atoms with Gasteiger partial charge in [0.15, 0.2) is 0 Å². The molecule has 1 rings (SSSR count). The number of nitrogens with zero attached hydrogens (tertiary/aromatic N) is 1. The van der Waals surface area contributed by atoms with E-state index in [2.05, 4.69) is 0 Å². The maximum absolute atomic E-state index is 12.8. The van der Waals surface area contributed by atoms with Crippen molar-refractivity contribution in [3.05, 3.63) is 29.8 Å². The van der Waals surface area contributed by atoms with Gasteiger partial charge in [0.1, 0.15) is 5.75 Å². The molecule has 0 aliphatic rings. The second kappa shape index (κ2) is 5.40. The van der Waals surface area contributed by atoms with Gasteiger partial charge in [-0.25, -0.2) is 4.90 Å². The average molecular weight is 247 g/mol. The Bertz CT molecular complexity index is 363. The predicted octanol–water partition coefficient (Wildman–Crippen LogP) is 3.43. The Labute approximate surface area is 99.0 Å². The lowest BCUT2D eigenvalue weighted by atomic mass is 10.1. The molecule has 0 atom stereocenters. The number of hydrogen-bond acceptors (Lipinski definition) is 2. The molecule has 17 heavy (non-hydrogen) atoms. The number of hydrogen-bond donors (Lipinski definition) is 0. The van der Waals surface area contributed by atoms with Crippen LogP contribution in [0.25, 0.3) is 0 Å². The highest BCUT2D eigenvalue weighted by atomic mass is 19.4. The van der Waals surface area contributed by atoms with Crippen molar-refractivity contribution in [3.8, 4) is 5.75 Å². The van der Waals surface area contributed by atoms with Gasteiger partial charge in [-0.3, -0.25) is 0 Å². The summed E-state index contributed by atoms with van der Waals surface area (Å²) in [5.41, 5.74) is 0.529. The largest absolute Gasteiger partial charge is 0.496 e. The first-order valence-electron chi connectivity index (χ1n) is 5.31. The van der Waals surface area contributed by atoms with Gasteiger partial charge in [0, 0.05) is 18.2 Å². The molecule has 0 saturated carbocycles. The topological polar surface area (TPSA) is 12.5 Å². The fraction of sp³-hybridized carbons (Fsp3) is 0.500. The first-order chi connectivity index (χ1) is 7.86. The van der Waals surface area contributed by atoms with Crippen molar-refractivity contribution in [2.75, 3.05) is 7.11 Å². The minimum absolute atomic E-state index is 0.203. The lowest BCUT2D eigenvalue weighted by Crippen LogP contribution is -2.42. The first kappa shape index (κ1) is 13.8. The van der Waals surface area contributed by atoms with Crippen LogP contribution in [-0.4, -0.2) is 24.4 Å². The van der Waals surface area contributed by atoms with Crippen molar-refractivity contribution in [1.82, 2.24) is 4.90 Å². The molecule has 96 valence electrons. The van der Waals surface area contributed by atoms with Crippen LogP contribution >= 0.6 is 0 Å². The molecule has 0 bridgehead atoms. The van der Waals surface area contributed by atoms with Crippen molar-refractivity contribution in [2.24, 2.45) is 0 Å². The first-order valence-corrected chi connectivity index (χ1v) is 5.31. The van der Waals surface area contributed by atoms with E-state index in [1.807, 2.05) is 0 Å². The molecular weight excluding hydrogens is 231 g/mol. The van der Waals surface area contributed by atoms with Crippen LogP contribution in [-0.2, 0) is 6.54 Å². The van der Waals surface area contributed by atoms with Gasteiger partial charge in [-0.05, 0) is 19.9 Å². The molecule has 0 saturated heterocycles. The second-order valence-corrected chi connectivity index (χ2v) is 4.00. The molecule has 0 spiro atoms. The van der Waals surface area contributed by atoms with Gasteiger partial charge in [0.05, 0.1) is 7.11 Å². The standard InChI is InChI=1S/C12H16F3NO/c1-9(2)16(12(13,14)15)8-10-6-4-5-7-11(10)17-3/h4-7,9H,8H2,1-3H3. The van der Waals surface area contributed by atoms with Gasteiger partial charge in [0.2, 0.25) is 0 Å². The summed E-state index contributed by atoms with van der Waals surface area (Å²) in [4.78, 5) is 0.477. The molecular formula is C12H16F3NO. The molecule has 0 aliphatic heterocycles. The van der Waals surface area contributed by atoms with E-state index in [0.717, 1.165) is 0 Å². The number of alkyl halides is 3. The Morgan fingerprint density at radius 2 is 1.82 bits per heavy atom. The fourth-order valence-electron chi connectivity index (χ4n) is 1.58. The van der Waals surface area contributed by atoms with E-state index in [9.17, 15) is 13.2 Å². The maximum Gasteiger partial charge on any atom is 0.460 e. The van der Waals surface area contributed by atoms with E-state index >= 15 is 0 Å². The van der Waals surface area contributed by atoms with Crippen molar-refractivity contribution in [2.45, 2.75) is 32.7 Å². The Hall–Kier alpha value is -1.23. The van der Waals surface area contributed by atoms with Gasteiger partial charge < -0.3 is 4.74 Å². The fourth-order valence-corrected chi connectivity index (χ4v) is 1.58. The normalized spacial score (nSPS) is 12.2. The smallest absolute Gasteiger partial charge is 0.460 e. The van der Waals surface area contributed by atoms with Crippen LogP contribution in [0.3, 0.4) is 0 Å². The van der Waals surface area contributed by atoms with Gasteiger partial charge in [-0.2, -0.15) is 13.2 Å². The van der Waals surface area contributed by atoms with Gasteiger partial charge >= 0.3 is 6.30 Å². The summed E-state index contributed by atoms with van der Waals surface area (Å²) in [5, 5.41) is 0. The van der Waals surface area contributed by atoms with E-state index < -0.39 is 12.3 Å². The maximum atomic E-state index is 12.8. The molecule has 0 amide bonds. The molecule has 0 unspecified atom stereocenters. The zero-order valence-electron chi connectivity index (χ0n) is 10.1. The van der Waals surface area contributed by atoms with Crippen LogP contribution in [0.1, 0.15) is 19.4 Å². The van der Waals surface area contributed by atoms with Crippen LogP contribution in [0.2, 0.25) is 0 Å². The zero-order valence-corrected chi connectivity index (χ0v) is 10.1. The Kier molecular flexibility index (Phi) is 4.40. The molecule has 2 nitrogen and oxygen atoms in total. The van der Waals surface area contributed by atoms with Gasteiger partial charge in [-0.1, -0.05) is 18.2 Å².